The fourth-order valence-electron chi connectivity index (χ4n) is 2.31. The van der Waals surface area contributed by atoms with Gasteiger partial charge in [-0.3, -0.25) is 9.78 Å². The molecule has 0 fully saturated rings. The topological polar surface area (TPSA) is 58.6 Å². The summed E-state index contributed by atoms with van der Waals surface area (Å²) in [5, 5.41) is 2.11. The molecule has 3 aromatic rings. The molecule has 4 nitrogen and oxygen atoms in total. The van der Waals surface area contributed by atoms with Crippen molar-refractivity contribution < 1.29 is 0 Å². The van der Waals surface area contributed by atoms with Crippen molar-refractivity contribution >= 4 is 10.8 Å². The van der Waals surface area contributed by atoms with Crippen LogP contribution in [0, 0.1) is 6.92 Å². The minimum atomic E-state index is -0.0835. The molecule has 0 aliphatic carbocycles. The zero-order valence-corrected chi connectivity index (χ0v) is 11.5. The smallest absolute Gasteiger partial charge is 0.254 e. The fourth-order valence-corrected chi connectivity index (χ4v) is 2.31. The maximum absolute atomic E-state index is 12.0. The number of fused-ring (bicyclic) bond motifs is 1. The van der Waals surface area contributed by atoms with Gasteiger partial charge in [-0.2, -0.15) is 0 Å². The maximum atomic E-state index is 12.0. The summed E-state index contributed by atoms with van der Waals surface area (Å²) < 4.78 is 0. The largest absolute Gasteiger partial charge is 0.310 e. The average molecular weight is 265 g/mol. The highest BCUT2D eigenvalue weighted by molar-refractivity contribution is 5.95. The third kappa shape index (κ3) is 1.99. The lowest BCUT2D eigenvalue weighted by Gasteiger charge is -2.09. The van der Waals surface area contributed by atoms with E-state index in [0.29, 0.717) is 17.8 Å². The van der Waals surface area contributed by atoms with Crippen LogP contribution >= 0.6 is 0 Å². The third-order valence-corrected chi connectivity index (χ3v) is 3.46. The van der Waals surface area contributed by atoms with Gasteiger partial charge in [0.15, 0.2) is 0 Å². The molecule has 0 spiro atoms. The lowest BCUT2D eigenvalue weighted by Crippen LogP contribution is -2.15. The number of aromatic nitrogens is 3. The first-order valence-electron chi connectivity index (χ1n) is 6.63. The molecule has 2 heterocycles. The first-order chi connectivity index (χ1) is 9.70. The SMILES string of the molecule is CCc1nc(-c2cncc3ccccc23)c(C)c(=O)[nH]1. The molecule has 0 aliphatic heterocycles. The molecule has 0 unspecified atom stereocenters. The first kappa shape index (κ1) is 12.5. The number of nitrogens with zero attached hydrogens (tertiary/aromatic N) is 2. The van der Waals surface area contributed by atoms with Crippen molar-refractivity contribution in [1.82, 2.24) is 15.0 Å². The van der Waals surface area contributed by atoms with Crippen molar-refractivity contribution in [3.63, 3.8) is 0 Å². The highest BCUT2D eigenvalue weighted by Crippen LogP contribution is 2.27. The van der Waals surface area contributed by atoms with Crippen LogP contribution in [0.2, 0.25) is 0 Å². The van der Waals surface area contributed by atoms with Crippen LogP contribution in [0.5, 0.6) is 0 Å². The molecule has 1 N–H and O–H groups in total. The zero-order valence-electron chi connectivity index (χ0n) is 11.5. The molecule has 0 saturated carbocycles. The number of nitrogens with one attached hydrogen (secondary N) is 1. The van der Waals surface area contributed by atoms with Crippen LogP contribution < -0.4 is 5.56 Å². The van der Waals surface area contributed by atoms with Gasteiger partial charge in [0, 0.05) is 35.3 Å². The fraction of sp³-hybridized carbons (Fsp3) is 0.188. The Balaban J connectivity index is 2.36. The normalized spacial score (nSPS) is 10.9. The van der Waals surface area contributed by atoms with Gasteiger partial charge in [-0.05, 0) is 12.3 Å². The summed E-state index contributed by atoms with van der Waals surface area (Å²) in [6.45, 7) is 3.76. The first-order valence-corrected chi connectivity index (χ1v) is 6.63. The van der Waals surface area contributed by atoms with Gasteiger partial charge in [0.05, 0.1) is 5.69 Å². The Hall–Kier alpha value is -2.49. The Bertz CT molecular complexity index is 831. The van der Waals surface area contributed by atoms with Gasteiger partial charge in [0.25, 0.3) is 5.56 Å². The number of pyridine rings is 1. The molecule has 0 atom stereocenters. The van der Waals surface area contributed by atoms with E-state index in [4.69, 9.17) is 0 Å². The van der Waals surface area contributed by atoms with Gasteiger partial charge in [-0.15, -0.1) is 0 Å². The minimum Gasteiger partial charge on any atom is -0.310 e. The monoisotopic (exact) mass is 265 g/mol. The van der Waals surface area contributed by atoms with Gasteiger partial charge in [0.1, 0.15) is 5.82 Å². The van der Waals surface area contributed by atoms with Crippen molar-refractivity contribution in [2.75, 3.05) is 0 Å². The summed E-state index contributed by atoms with van der Waals surface area (Å²) in [4.78, 5) is 23.6. The van der Waals surface area contributed by atoms with Crippen LogP contribution in [0.3, 0.4) is 0 Å². The number of rotatable bonds is 2. The second-order valence-corrected chi connectivity index (χ2v) is 4.75. The van der Waals surface area contributed by atoms with Crippen LogP contribution in [-0.2, 0) is 6.42 Å². The van der Waals surface area contributed by atoms with Crippen molar-refractivity contribution in [1.29, 1.82) is 0 Å². The van der Waals surface area contributed by atoms with Gasteiger partial charge < -0.3 is 4.98 Å². The highest BCUT2D eigenvalue weighted by atomic mass is 16.1. The third-order valence-electron chi connectivity index (χ3n) is 3.46. The predicted molar refractivity (Wildman–Crippen MR) is 79.7 cm³/mol. The van der Waals surface area contributed by atoms with Crippen LogP contribution in [-0.4, -0.2) is 15.0 Å². The van der Waals surface area contributed by atoms with Crippen LogP contribution in [0.25, 0.3) is 22.0 Å². The lowest BCUT2D eigenvalue weighted by atomic mass is 10.0. The van der Waals surface area contributed by atoms with Crippen LogP contribution in [0.15, 0.2) is 41.5 Å². The van der Waals surface area contributed by atoms with E-state index in [0.717, 1.165) is 22.0 Å². The molecule has 100 valence electrons. The second-order valence-electron chi connectivity index (χ2n) is 4.75. The lowest BCUT2D eigenvalue weighted by molar-refractivity contribution is 0.912. The summed E-state index contributed by atoms with van der Waals surface area (Å²) in [7, 11) is 0. The van der Waals surface area contributed by atoms with Crippen molar-refractivity contribution in [3.8, 4) is 11.3 Å². The number of hydrogen-bond acceptors (Lipinski definition) is 3. The summed E-state index contributed by atoms with van der Waals surface area (Å²) >= 11 is 0. The Morgan fingerprint density at radius 1 is 1.20 bits per heavy atom. The van der Waals surface area contributed by atoms with Crippen LogP contribution in [0.1, 0.15) is 18.3 Å². The number of benzene rings is 1. The van der Waals surface area contributed by atoms with E-state index in [1.165, 1.54) is 0 Å². The Labute approximate surface area is 116 Å². The summed E-state index contributed by atoms with van der Waals surface area (Å²) in [5.41, 5.74) is 2.16. The number of H-pyrrole nitrogens is 1. The average Bonchev–Trinajstić information content (AvgIpc) is 2.49. The molecule has 1 aromatic carbocycles. The molecule has 3 rings (SSSR count). The van der Waals surface area contributed by atoms with Gasteiger partial charge in [-0.25, -0.2) is 4.98 Å². The quantitative estimate of drug-likeness (QED) is 0.775. The van der Waals surface area contributed by atoms with Crippen molar-refractivity contribution in [3.05, 3.63) is 58.4 Å². The number of aryl methyl sites for hydroxylation is 1. The zero-order chi connectivity index (χ0) is 14.1. The standard InChI is InChI=1S/C16H15N3O/c1-3-14-18-15(10(2)16(20)19-14)13-9-17-8-11-6-4-5-7-12(11)13/h4-9H,3H2,1-2H3,(H,18,19,20). The molecule has 0 bridgehead atoms. The van der Waals surface area contributed by atoms with E-state index in [2.05, 4.69) is 15.0 Å². The van der Waals surface area contributed by atoms with Crippen molar-refractivity contribution in [2.45, 2.75) is 20.3 Å². The maximum Gasteiger partial charge on any atom is 0.254 e. The van der Waals surface area contributed by atoms with Gasteiger partial charge >= 0.3 is 0 Å². The molecular weight excluding hydrogens is 250 g/mol. The van der Waals surface area contributed by atoms with E-state index >= 15 is 0 Å². The molecule has 0 saturated heterocycles. The van der Waals surface area contributed by atoms with Gasteiger partial charge in [-0.1, -0.05) is 31.2 Å². The summed E-state index contributed by atoms with van der Waals surface area (Å²) in [5.74, 6) is 0.698. The van der Waals surface area contributed by atoms with E-state index in [9.17, 15) is 4.79 Å². The summed E-state index contributed by atoms with van der Waals surface area (Å²) in [6.07, 6.45) is 4.29. The van der Waals surface area contributed by atoms with E-state index in [1.54, 1.807) is 13.1 Å². The Morgan fingerprint density at radius 2 is 2.00 bits per heavy atom. The minimum absolute atomic E-state index is 0.0835. The molecule has 4 heteroatoms. The highest BCUT2D eigenvalue weighted by Gasteiger charge is 2.12. The Morgan fingerprint density at radius 3 is 2.80 bits per heavy atom. The number of aromatic amines is 1. The predicted octanol–water partition coefficient (Wildman–Crippen LogP) is 2.86. The van der Waals surface area contributed by atoms with E-state index < -0.39 is 0 Å². The molecule has 2 aromatic heterocycles. The molecular formula is C16H15N3O. The second kappa shape index (κ2) is 4.89. The van der Waals surface area contributed by atoms with Crippen LogP contribution in [0.4, 0.5) is 0 Å². The molecule has 0 amide bonds. The summed E-state index contributed by atoms with van der Waals surface area (Å²) in [6, 6.07) is 7.99. The number of hydrogen-bond donors (Lipinski definition) is 1. The van der Waals surface area contributed by atoms with Gasteiger partial charge in [0.2, 0.25) is 0 Å². The van der Waals surface area contributed by atoms with E-state index in [-0.39, 0.29) is 5.56 Å². The Kier molecular flexibility index (Phi) is 3.06. The van der Waals surface area contributed by atoms with Crippen molar-refractivity contribution in [2.24, 2.45) is 0 Å². The van der Waals surface area contributed by atoms with E-state index in [1.807, 2.05) is 37.4 Å². The molecule has 0 radical (unpaired) electrons. The molecule has 0 aliphatic rings. The molecule has 20 heavy (non-hydrogen) atoms.